The number of nitrogens with zero attached hydrogens (tertiary/aromatic N) is 2. The fraction of sp³-hybridized carbons (Fsp3) is 0.500. The molecule has 1 saturated heterocycles. The van der Waals surface area contributed by atoms with E-state index in [0.717, 1.165) is 56.3 Å². The number of ether oxygens (including phenoxy) is 1. The monoisotopic (exact) mass is 482 g/mol. The van der Waals surface area contributed by atoms with E-state index >= 15 is 0 Å². The molecule has 0 aromatic heterocycles. The van der Waals surface area contributed by atoms with Crippen molar-refractivity contribution in [1.82, 2.24) is 9.80 Å². The van der Waals surface area contributed by atoms with Crippen molar-refractivity contribution < 1.29 is 14.3 Å². The van der Waals surface area contributed by atoms with Crippen LogP contribution < -0.4 is 4.74 Å². The Morgan fingerprint density at radius 3 is 2.47 bits per heavy atom. The summed E-state index contributed by atoms with van der Waals surface area (Å²) in [6, 6.07) is 15.7. The largest absolute Gasteiger partial charge is 0.491 e. The zero-order valence-electron chi connectivity index (χ0n) is 20.1. The highest BCUT2D eigenvalue weighted by Crippen LogP contribution is 2.39. The third-order valence-electron chi connectivity index (χ3n) is 7.40. The predicted molar refractivity (Wildman–Crippen MR) is 135 cm³/mol. The van der Waals surface area contributed by atoms with E-state index in [9.17, 15) is 9.59 Å². The second kappa shape index (κ2) is 11.3. The number of rotatable bonds is 2. The SMILES string of the molecule is CN1CCOc2ccccc2CCCCCC2(CCN(C(=O)Cc3ccc(Cl)cc3)CC2)C1=O. The van der Waals surface area contributed by atoms with Gasteiger partial charge in [0.05, 0.1) is 18.4 Å². The van der Waals surface area contributed by atoms with Crippen molar-refractivity contribution in [3.05, 3.63) is 64.7 Å². The van der Waals surface area contributed by atoms with E-state index < -0.39 is 0 Å². The maximum Gasteiger partial charge on any atom is 0.228 e. The van der Waals surface area contributed by atoms with Crippen LogP contribution in [0.25, 0.3) is 0 Å². The van der Waals surface area contributed by atoms with E-state index in [1.807, 2.05) is 53.2 Å². The minimum atomic E-state index is -0.382. The van der Waals surface area contributed by atoms with E-state index in [0.29, 0.717) is 37.7 Å². The Bertz CT molecular complexity index is 983. The van der Waals surface area contributed by atoms with Crippen LogP contribution in [0.5, 0.6) is 5.75 Å². The van der Waals surface area contributed by atoms with Crippen molar-refractivity contribution in [1.29, 1.82) is 0 Å². The number of para-hydroxylation sites is 1. The van der Waals surface area contributed by atoms with Crippen molar-refractivity contribution in [3.63, 3.8) is 0 Å². The van der Waals surface area contributed by atoms with Crippen LogP contribution in [-0.4, -0.2) is 54.9 Å². The number of piperidine rings is 1. The molecule has 1 fully saturated rings. The smallest absolute Gasteiger partial charge is 0.228 e. The second-order valence-corrected chi connectivity index (χ2v) is 10.1. The van der Waals surface area contributed by atoms with Gasteiger partial charge < -0.3 is 14.5 Å². The Hall–Kier alpha value is -2.53. The molecule has 6 heteroatoms. The van der Waals surface area contributed by atoms with Gasteiger partial charge in [-0.2, -0.15) is 0 Å². The molecule has 2 amide bonds. The molecule has 0 radical (unpaired) electrons. The van der Waals surface area contributed by atoms with Gasteiger partial charge in [0, 0.05) is 25.2 Å². The molecule has 4 rings (SSSR count). The minimum Gasteiger partial charge on any atom is -0.491 e. The molecule has 182 valence electrons. The molecule has 0 atom stereocenters. The first-order chi connectivity index (χ1) is 16.5. The summed E-state index contributed by atoms with van der Waals surface area (Å²) in [5.74, 6) is 1.26. The van der Waals surface area contributed by atoms with Crippen molar-refractivity contribution >= 4 is 23.4 Å². The number of amides is 2. The summed E-state index contributed by atoms with van der Waals surface area (Å²) < 4.78 is 6.05. The molecule has 0 saturated carbocycles. The number of likely N-dealkylation sites (N-methyl/N-ethyl adjacent to an activating group) is 1. The van der Waals surface area contributed by atoms with Gasteiger partial charge in [-0.05, 0) is 61.4 Å². The molecular formula is C28H35ClN2O3. The standard InChI is InChI=1S/C28H35ClN2O3/c1-30-19-20-34-25-9-5-4-8-23(25)7-3-2-6-14-28(27(30)33)15-17-31(18-16-28)26(32)21-22-10-12-24(29)13-11-22/h4-5,8-13H,2-3,6-7,14-21H2,1H3. The maximum absolute atomic E-state index is 13.6. The molecule has 1 spiro atoms. The van der Waals surface area contributed by atoms with Gasteiger partial charge in [0.2, 0.25) is 11.8 Å². The van der Waals surface area contributed by atoms with Gasteiger partial charge in [-0.25, -0.2) is 0 Å². The summed E-state index contributed by atoms with van der Waals surface area (Å²) in [5.41, 5.74) is 1.83. The number of halogens is 1. The average Bonchev–Trinajstić information content (AvgIpc) is 2.86. The lowest BCUT2D eigenvalue weighted by Crippen LogP contribution is -2.51. The zero-order chi connectivity index (χ0) is 24.0. The van der Waals surface area contributed by atoms with Gasteiger partial charge in [0.25, 0.3) is 0 Å². The summed E-state index contributed by atoms with van der Waals surface area (Å²) in [6.45, 7) is 2.32. The van der Waals surface area contributed by atoms with Crippen molar-refractivity contribution in [2.24, 2.45) is 5.41 Å². The van der Waals surface area contributed by atoms with E-state index in [2.05, 4.69) is 12.1 Å². The van der Waals surface area contributed by atoms with Crippen LogP contribution in [0.1, 0.15) is 49.7 Å². The fourth-order valence-electron chi connectivity index (χ4n) is 5.25. The first-order valence-corrected chi connectivity index (χ1v) is 12.8. The highest BCUT2D eigenvalue weighted by molar-refractivity contribution is 6.30. The summed E-state index contributed by atoms with van der Waals surface area (Å²) >= 11 is 5.96. The highest BCUT2D eigenvalue weighted by Gasteiger charge is 2.43. The molecule has 5 nitrogen and oxygen atoms in total. The molecule has 0 N–H and O–H groups in total. The van der Waals surface area contributed by atoms with Crippen molar-refractivity contribution in [2.45, 2.75) is 51.4 Å². The predicted octanol–water partition coefficient (Wildman–Crippen LogP) is 5.15. The third-order valence-corrected chi connectivity index (χ3v) is 7.65. The van der Waals surface area contributed by atoms with E-state index in [-0.39, 0.29) is 17.2 Å². The van der Waals surface area contributed by atoms with Crippen molar-refractivity contribution in [2.75, 3.05) is 33.3 Å². The molecule has 2 aromatic carbocycles. The molecule has 34 heavy (non-hydrogen) atoms. The number of likely N-dealkylation sites (tertiary alicyclic amines) is 1. The Morgan fingerprint density at radius 1 is 0.971 bits per heavy atom. The quantitative estimate of drug-likeness (QED) is 0.595. The van der Waals surface area contributed by atoms with Crippen LogP contribution in [0.2, 0.25) is 5.02 Å². The van der Waals surface area contributed by atoms with Crippen LogP contribution in [0, 0.1) is 5.41 Å². The summed E-state index contributed by atoms with van der Waals surface area (Å²) in [6.07, 6.45) is 6.92. The highest BCUT2D eigenvalue weighted by atomic mass is 35.5. The van der Waals surface area contributed by atoms with E-state index in [1.165, 1.54) is 5.56 Å². The van der Waals surface area contributed by atoms with Gasteiger partial charge in [0.15, 0.2) is 0 Å². The van der Waals surface area contributed by atoms with Crippen LogP contribution in [0.15, 0.2) is 48.5 Å². The Kier molecular flexibility index (Phi) is 8.15. The average molecular weight is 483 g/mol. The van der Waals surface area contributed by atoms with E-state index in [4.69, 9.17) is 16.3 Å². The second-order valence-electron chi connectivity index (χ2n) is 9.71. The third kappa shape index (κ3) is 5.93. The minimum absolute atomic E-state index is 0.119. The molecule has 2 aliphatic rings. The van der Waals surface area contributed by atoms with Crippen LogP contribution in [0.4, 0.5) is 0 Å². The lowest BCUT2D eigenvalue weighted by molar-refractivity contribution is -0.148. The number of hydrogen-bond donors (Lipinski definition) is 0. The van der Waals surface area contributed by atoms with Gasteiger partial charge in [-0.15, -0.1) is 0 Å². The Morgan fingerprint density at radius 2 is 1.71 bits per heavy atom. The number of carbonyl (C=O) groups excluding carboxylic acids is 2. The normalized spacial score (nSPS) is 19.4. The molecule has 2 aromatic rings. The van der Waals surface area contributed by atoms with Gasteiger partial charge in [-0.3, -0.25) is 9.59 Å². The first kappa shape index (κ1) is 24.6. The number of carbonyl (C=O) groups is 2. The number of benzene rings is 2. The molecule has 0 aliphatic carbocycles. The van der Waals surface area contributed by atoms with Crippen LogP contribution >= 0.6 is 11.6 Å². The fourth-order valence-corrected chi connectivity index (χ4v) is 5.38. The van der Waals surface area contributed by atoms with Gasteiger partial charge in [0.1, 0.15) is 12.4 Å². The molecule has 2 aliphatic heterocycles. The Balaban J connectivity index is 1.39. The maximum atomic E-state index is 13.6. The molecule has 2 heterocycles. The van der Waals surface area contributed by atoms with Crippen molar-refractivity contribution in [3.8, 4) is 5.75 Å². The topological polar surface area (TPSA) is 49.9 Å². The molecular weight excluding hydrogens is 448 g/mol. The number of hydrogen-bond acceptors (Lipinski definition) is 3. The van der Waals surface area contributed by atoms with E-state index in [1.54, 1.807) is 0 Å². The first-order valence-electron chi connectivity index (χ1n) is 12.5. The number of fused-ring (bicyclic) bond motifs is 1. The Labute approximate surface area is 208 Å². The number of aryl methyl sites for hydroxylation is 1. The molecule has 0 bridgehead atoms. The zero-order valence-corrected chi connectivity index (χ0v) is 20.9. The summed E-state index contributed by atoms with van der Waals surface area (Å²) in [7, 11) is 1.89. The lowest BCUT2D eigenvalue weighted by Gasteiger charge is -2.42. The lowest BCUT2D eigenvalue weighted by atomic mass is 9.73. The van der Waals surface area contributed by atoms with Crippen LogP contribution in [-0.2, 0) is 22.4 Å². The van der Waals surface area contributed by atoms with Crippen LogP contribution in [0.3, 0.4) is 0 Å². The summed E-state index contributed by atoms with van der Waals surface area (Å²) in [5, 5.41) is 0.672. The molecule has 0 unspecified atom stereocenters. The summed E-state index contributed by atoms with van der Waals surface area (Å²) in [4.78, 5) is 30.3. The van der Waals surface area contributed by atoms with Gasteiger partial charge in [-0.1, -0.05) is 54.8 Å². The van der Waals surface area contributed by atoms with Gasteiger partial charge >= 0.3 is 0 Å².